The molecule has 1 aromatic carbocycles. The summed E-state index contributed by atoms with van der Waals surface area (Å²) in [5, 5.41) is 9.08. The number of benzene rings is 1. The molecular formula is C17H21NO5. The van der Waals surface area contributed by atoms with Gasteiger partial charge in [-0.1, -0.05) is 0 Å². The largest absolute Gasteiger partial charge is 0.494 e. The van der Waals surface area contributed by atoms with E-state index in [1.165, 1.54) is 4.90 Å². The number of carbonyl (C=O) groups is 3. The second-order valence-electron chi connectivity index (χ2n) is 5.46. The third-order valence-corrected chi connectivity index (χ3v) is 3.91. The van der Waals surface area contributed by atoms with Gasteiger partial charge in [-0.3, -0.25) is 9.59 Å². The monoisotopic (exact) mass is 319 g/mol. The molecule has 1 heterocycles. The zero-order valence-electron chi connectivity index (χ0n) is 13.2. The smallest absolute Gasteiger partial charge is 0.326 e. The van der Waals surface area contributed by atoms with Gasteiger partial charge >= 0.3 is 5.97 Å². The van der Waals surface area contributed by atoms with Crippen molar-refractivity contribution >= 4 is 17.7 Å². The molecule has 0 saturated carbocycles. The number of hydrogen-bond acceptors (Lipinski definition) is 4. The van der Waals surface area contributed by atoms with Gasteiger partial charge in [0.15, 0.2) is 5.78 Å². The Kier molecular flexibility index (Phi) is 5.73. The zero-order valence-corrected chi connectivity index (χ0v) is 13.2. The van der Waals surface area contributed by atoms with Crippen LogP contribution in [-0.2, 0) is 9.59 Å². The first-order valence-corrected chi connectivity index (χ1v) is 7.81. The maximum Gasteiger partial charge on any atom is 0.326 e. The number of carbonyl (C=O) groups excluding carboxylic acids is 2. The van der Waals surface area contributed by atoms with Gasteiger partial charge in [0.25, 0.3) is 0 Å². The molecule has 1 atom stereocenters. The van der Waals surface area contributed by atoms with E-state index in [1.807, 2.05) is 6.92 Å². The molecule has 6 nitrogen and oxygen atoms in total. The molecule has 0 aliphatic carbocycles. The van der Waals surface area contributed by atoms with Crippen molar-refractivity contribution in [2.45, 2.75) is 38.6 Å². The van der Waals surface area contributed by atoms with Gasteiger partial charge in [-0.25, -0.2) is 4.79 Å². The highest BCUT2D eigenvalue weighted by Gasteiger charge is 2.33. The average molecular weight is 319 g/mol. The maximum atomic E-state index is 12.1. The van der Waals surface area contributed by atoms with Crippen molar-refractivity contribution in [3.8, 4) is 5.75 Å². The summed E-state index contributed by atoms with van der Waals surface area (Å²) in [4.78, 5) is 36.7. The van der Waals surface area contributed by atoms with E-state index in [0.29, 0.717) is 37.3 Å². The summed E-state index contributed by atoms with van der Waals surface area (Å²) in [6, 6.07) is 6.04. The van der Waals surface area contributed by atoms with Crippen LogP contribution < -0.4 is 4.74 Å². The lowest BCUT2D eigenvalue weighted by atomic mass is 10.1. The lowest BCUT2D eigenvalue weighted by Gasteiger charge is -2.21. The van der Waals surface area contributed by atoms with E-state index in [4.69, 9.17) is 9.84 Å². The molecule has 2 rings (SSSR count). The third kappa shape index (κ3) is 4.31. The molecule has 1 aliphatic rings. The van der Waals surface area contributed by atoms with E-state index in [1.54, 1.807) is 24.3 Å². The fourth-order valence-electron chi connectivity index (χ4n) is 2.73. The number of rotatable bonds is 7. The van der Waals surface area contributed by atoms with Crippen molar-refractivity contribution < 1.29 is 24.2 Å². The second-order valence-corrected chi connectivity index (χ2v) is 5.46. The Hall–Kier alpha value is -2.37. The summed E-state index contributed by atoms with van der Waals surface area (Å²) < 4.78 is 5.31. The second kappa shape index (κ2) is 7.76. The van der Waals surface area contributed by atoms with Crippen LogP contribution in [0, 0.1) is 0 Å². The summed E-state index contributed by atoms with van der Waals surface area (Å²) >= 11 is 0. The molecule has 1 amide bonds. The summed E-state index contributed by atoms with van der Waals surface area (Å²) in [5.74, 6) is -0.683. The molecule has 0 spiro atoms. The van der Waals surface area contributed by atoms with Crippen LogP contribution in [0.5, 0.6) is 5.75 Å². The first-order chi connectivity index (χ1) is 11.0. The van der Waals surface area contributed by atoms with Crippen LogP contribution in [0.4, 0.5) is 0 Å². The van der Waals surface area contributed by atoms with E-state index in [0.717, 1.165) is 0 Å². The van der Waals surface area contributed by atoms with Crippen molar-refractivity contribution in [2.75, 3.05) is 13.2 Å². The van der Waals surface area contributed by atoms with Gasteiger partial charge in [0.1, 0.15) is 11.8 Å². The van der Waals surface area contributed by atoms with Gasteiger partial charge in [-0.2, -0.15) is 0 Å². The van der Waals surface area contributed by atoms with E-state index in [9.17, 15) is 14.4 Å². The number of ether oxygens (including phenoxy) is 1. The topological polar surface area (TPSA) is 83.9 Å². The van der Waals surface area contributed by atoms with Crippen LogP contribution >= 0.6 is 0 Å². The fraction of sp³-hybridized carbons (Fsp3) is 0.471. The molecule has 1 saturated heterocycles. The maximum absolute atomic E-state index is 12.1. The number of hydrogen-bond donors (Lipinski definition) is 1. The number of aliphatic carboxylic acids is 1. The number of carboxylic acid groups (broad SMARTS) is 1. The van der Waals surface area contributed by atoms with Crippen LogP contribution in [0.1, 0.15) is 43.0 Å². The summed E-state index contributed by atoms with van der Waals surface area (Å²) in [5.41, 5.74) is 0.525. The Morgan fingerprint density at radius 2 is 1.91 bits per heavy atom. The minimum atomic E-state index is -0.978. The molecule has 124 valence electrons. The van der Waals surface area contributed by atoms with Crippen LogP contribution in [-0.4, -0.2) is 46.9 Å². The molecule has 6 heteroatoms. The fourth-order valence-corrected chi connectivity index (χ4v) is 2.73. The minimum Gasteiger partial charge on any atom is -0.494 e. The van der Waals surface area contributed by atoms with E-state index >= 15 is 0 Å². The van der Waals surface area contributed by atoms with Crippen molar-refractivity contribution in [2.24, 2.45) is 0 Å². The van der Waals surface area contributed by atoms with Crippen LogP contribution in [0.3, 0.4) is 0 Å². The van der Waals surface area contributed by atoms with Gasteiger partial charge in [0.2, 0.25) is 5.91 Å². The minimum absolute atomic E-state index is 0.0375. The molecular weight excluding hydrogens is 298 g/mol. The SMILES string of the molecule is CCOc1ccc(C(=O)CCC(=O)N2CCC[C@H]2C(=O)O)cc1. The molecule has 0 aromatic heterocycles. The van der Waals surface area contributed by atoms with E-state index in [-0.39, 0.29) is 24.5 Å². The zero-order chi connectivity index (χ0) is 16.8. The molecule has 1 N–H and O–H groups in total. The molecule has 1 aromatic rings. The number of carboxylic acids is 1. The van der Waals surface area contributed by atoms with Gasteiger partial charge in [-0.05, 0) is 44.0 Å². The first kappa shape index (κ1) is 17.0. The molecule has 0 unspecified atom stereocenters. The standard InChI is InChI=1S/C17H21NO5/c1-2-23-13-7-5-12(6-8-13)15(19)9-10-16(20)18-11-3-4-14(18)17(21)22/h5-8,14H,2-4,9-11H2,1H3,(H,21,22)/t14-/m0/s1. The molecule has 1 aliphatic heterocycles. The Labute approximate surface area is 135 Å². The van der Waals surface area contributed by atoms with Gasteiger partial charge in [0, 0.05) is 24.9 Å². The predicted molar refractivity (Wildman–Crippen MR) is 83.5 cm³/mol. The number of Topliss-reactive ketones (excluding diaryl/α,β-unsaturated/α-hetero) is 1. The number of ketones is 1. The van der Waals surface area contributed by atoms with Crippen molar-refractivity contribution in [3.05, 3.63) is 29.8 Å². The third-order valence-electron chi connectivity index (χ3n) is 3.91. The van der Waals surface area contributed by atoms with Crippen LogP contribution in [0.15, 0.2) is 24.3 Å². The lowest BCUT2D eigenvalue weighted by molar-refractivity contribution is -0.148. The quantitative estimate of drug-likeness (QED) is 0.778. The van der Waals surface area contributed by atoms with Gasteiger partial charge < -0.3 is 14.7 Å². The van der Waals surface area contributed by atoms with Crippen LogP contribution in [0.2, 0.25) is 0 Å². The summed E-state index contributed by atoms with van der Waals surface area (Å²) in [6.45, 7) is 2.89. The highest BCUT2D eigenvalue weighted by Crippen LogP contribution is 2.20. The average Bonchev–Trinajstić information content (AvgIpc) is 3.03. The number of amides is 1. The molecule has 0 radical (unpaired) electrons. The van der Waals surface area contributed by atoms with E-state index in [2.05, 4.69) is 0 Å². The van der Waals surface area contributed by atoms with Crippen molar-refractivity contribution in [1.29, 1.82) is 0 Å². The van der Waals surface area contributed by atoms with Crippen molar-refractivity contribution in [1.82, 2.24) is 4.90 Å². The van der Waals surface area contributed by atoms with Gasteiger partial charge in [0.05, 0.1) is 6.61 Å². The lowest BCUT2D eigenvalue weighted by Crippen LogP contribution is -2.40. The predicted octanol–water partition coefficient (Wildman–Crippen LogP) is 2.12. The van der Waals surface area contributed by atoms with Crippen molar-refractivity contribution in [3.63, 3.8) is 0 Å². The Bertz CT molecular complexity index is 581. The van der Waals surface area contributed by atoms with Gasteiger partial charge in [-0.15, -0.1) is 0 Å². The first-order valence-electron chi connectivity index (χ1n) is 7.81. The Morgan fingerprint density at radius 3 is 2.52 bits per heavy atom. The highest BCUT2D eigenvalue weighted by molar-refractivity contribution is 5.98. The molecule has 0 bridgehead atoms. The molecule has 23 heavy (non-hydrogen) atoms. The Balaban J connectivity index is 1.88. The van der Waals surface area contributed by atoms with Crippen LogP contribution in [0.25, 0.3) is 0 Å². The summed E-state index contributed by atoms with van der Waals surface area (Å²) in [7, 11) is 0. The highest BCUT2D eigenvalue weighted by atomic mass is 16.5. The Morgan fingerprint density at radius 1 is 1.22 bits per heavy atom. The normalized spacial score (nSPS) is 17.1. The summed E-state index contributed by atoms with van der Waals surface area (Å²) in [6.07, 6.45) is 1.29. The number of nitrogens with zero attached hydrogens (tertiary/aromatic N) is 1. The van der Waals surface area contributed by atoms with E-state index < -0.39 is 12.0 Å². The molecule has 1 fully saturated rings. The number of likely N-dealkylation sites (tertiary alicyclic amines) is 1.